The molecule has 0 amide bonds. The van der Waals surface area contributed by atoms with Crippen molar-refractivity contribution >= 4 is 11.9 Å². The van der Waals surface area contributed by atoms with E-state index in [0.29, 0.717) is 19.3 Å². The van der Waals surface area contributed by atoms with Gasteiger partial charge in [-0.2, -0.15) is 0 Å². The van der Waals surface area contributed by atoms with E-state index in [0.717, 1.165) is 64.2 Å². The Kier molecular flexibility index (Phi) is 34.2. The fourth-order valence-electron chi connectivity index (χ4n) is 6.10. The number of carbonyl (C=O) groups excluding carboxylic acids is 2. The Labute approximate surface area is 344 Å². The summed E-state index contributed by atoms with van der Waals surface area (Å²) in [6.07, 6.45) is 39.1. The van der Waals surface area contributed by atoms with Gasteiger partial charge in [-0.05, 0) is 77.0 Å². The average molecular weight is 803 g/mol. The number of carbonyl (C=O) groups is 2. The summed E-state index contributed by atoms with van der Waals surface area (Å²) in [6, 6.07) is 0. The second kappa shape index (κ2) is 37.4. The van der Waals surface area contributed by atoms with Gasteiger partial charge in [-0.15, -0.1) is 0 Å². The molecule has 6 unspecified atom stereocenters. The lowest BCUT2D eigenvalue weighted by Gasteiger charge is -2.39. The van der Waals surface area contributed by atoms with Crippen LogP contribution in [0.1, 0.15) is 155 Å². The molecule has 0 aromatic heterocycles. The van der Waals surface area contributed by atoms with Gasteiger partial charge in [0.2, 0.25) is 0 Å². The number of rotatable bonds is 35. The van der Waals surface area contributed by atoms with E-state index in [-0.39, 0.29) is 26.1 Å². The minimum absolute atomic E-state index is 0.147. The van der Waals surface area contributed by atoms with Crippen molar-refractivity contribution in [1.29, 1.82) is 0 Å². The highest BCUT2D eigenvalue weighted by Gasteiger charge is 2.44. The summed E-state index contributed by atoms with van der Waals surface area (Å²) in [5.74, 6) is -0.891. The quantitative estimate of drug-likeness (QED) is 0.0277. The molecule has 0 spiro atoms. The molecule has 0 bridgehead atoms. The number of esters is 2. The van der Waals surface area contributed by atoms with Crippen LogP contribution in [0.25, 0.3) is 0 Å². The third kappa shape index (κ3) is 29.1. The van der Waals surface area contributed by atoms with E-state index in [4.69, 9.17) is 18.9 Å². The zero-order valence-corrected chi connectivity index (χ0v) is 35.3. The summed E-state index contributed by atoms with van der Waals surface area (Å²) in [7, 11) is 0. The Bertz CT molecular complexity index is 1160. The average Bonchev–Trinajstić information content (AvgIpc) is 3.21. The van der Waals surface area contributed by atoms with E-state index in [2.05, 4.69) is 80.7 Å². The Hall–Kier alpha value is -2.86. The number of aliphatic hydroxyl groups is 4. The standard InChI is InChI=1S/C47H78O10/c1-3-5-7-9-11-13-15-17-19-20-22-24-26-28-30-32-34-36-43(50)56-40(39-55-47-46(53)45(52)44(51)41(37-48)57-47)38-54-42(49)35-33-31-29-27-25-23-21-18-16-14-12-10-8-6-4-2/h5,7,11,13,17-19,21-22,24,28,30,40-41,44-48,51-53H,3-4,6,8-10,12,14-16,20,23,25-27,29,31-39H2,1-2H3/b7-5-,13-11-,19-17-,21-18-,24-22-,30-28-. The number of hydrogen-bond acceptors (Lipinski definition) is 10. The third-order valence-electron chi connectivity index (χ3n) is 9.58. The van der Waals surface area contributed by atoms with Gasteiger partial charge in [0.15, 0.2) is 12.4 Å². The van der Waals surface area contributed by atoms with Gasteiger partial charge >= 0.3 is 11.9 Å². The second-order valence-electron chi connectivity index (χ2n) is 14.8. The van der Waals surface area contributed by atoms with Crippen LogP contribution in [0, 0.1) is 0 Å². The molecule has 0 saturated carbocycles. The van der Waals surface area contributed by atoms with Crippen LogP contribution in [0.2, 0.25) is 0 Å². The monoisotopic (exact) mass is 803 g/mol. The van der Waals surface area contributed by atoms with Gasteiger partial charge in [-0.1, -0.05) is 138 Å². The van der Waals surface area contributed by atoms with Crippen molar-refractivity contribution in [2.75, 3.05) is 19.8 Å². The number of ether oxygens (including phenoxy) is 4. The minimum atomic E-state index is -1.61. The summed E-state index contributed by atoms with van der Waals surface area (Å²) in [4.78, 5) is 25.3. The van der Waals surface area contributed by atoms with Crippen molar-refractivity contribution in [1.82, 2.24) is 0 Å². The van der Waals surface area contributed by atoms with Crippen LogP contribution in [0.4, 0.5) is 0 Å². The lowest BCUT2D eigenvalue weighted by molar-refractivity contribution is -0.305. The largest absolute Gasteiger partial charge is 0.462 e. The van der Waals surface area contributed by atoms with Crippen LogP contribution in [-0.2, 0) is 28.5 Å². The van der Waals surface area contributed by atoms with Crippen molar-refractivity contribution in [3.63, 3.8) is 0 Å². The van der Waals surface area contributed by atoms with E-state index in [1.807, 2.05) is 6.08 Å². The maximum atomic E-state index is 12.7. The number of unbranched alkanes of at least 4 members (excludes halogenated alkanes) is 12. The molecular formula is C47H78O10. The van der Waals surface area contributed by atoms with Crippen LogP contribution in [0.15, 0.2) is 72.9 Å². The third-order valence-corrected chi connectivity index (χ3v) is 9.58. The molecule has 0 aromatic carbocycles. The molecule has 1 aliphatic rings. The van der Waals surface area contributed by atoms with Crippen LogP contribution < -0.4 is 0 Å². The highest BCUT2D eigenvalue weighted by atomic mass is 16.7. The number of aliphatic hydroxyl groups excluding tert-OH is 4. The van der Waals surface area contributed by atoms with Gasteiger partial charge in [-0.25, -0.2) is 0 Å². The number of hydrogen-bond donors (Lipinski definition) is 4. The predicted octanol–water partition coefficient (Wildman–Crippen LogP) is 9.22. The van der Waals surface area contributed by atoms with E-state index < -0.39 is 55.4 Å². The van der Waals surface area contributed by atoms with Gasteiger partial charge in [-0.3, -0.25) is 9.59 Å². The van der Waals surface area contributed by atoms with Gasteiger partial charge in [0.25, 0.3) is 0 Å². The Balaban J connectivity index is 2.40. The van der Waals surface area contributed by atoms with Gasteiger partial charge in [0, 0.05) is 12.8 Å². The molecule has 1 heterocycles. The zero-order valence-electron chi connectivity index (χ0n) is 35.3. The Morgan fingerprint density at radius 2 is 1.05 bits per heavy atom. The van der Waals surface area contributed by atoms with E-state index >= 15 is 0 Å². The fraction of sp³-hybridized carbons (Fsp3) is 0.702. The zero-order chi connectivity index (χ0) is 41.6. The first-order valence-corrected chi connectivity index (χ1v) is 22.0. The first kappa shape index (κ1) is 52.2. The first-order chi connectivity index (χ1) is 27.8. The first-order valence-electron chi connectivity index (χ1n) is 22.0. The molecule has 0 aromatic rings. The summed E-state index contributed by atoms with van der Waals surface area (Å²) < 4.78 is 22.1. The molecule has 0 aliphatic carbocycles. The molecule has 57 heavy (non-hydrogen) atoms. The normalized spacial score (nSPS) is 21.0. The molecule has 6 atom stereocenters. The summed E-state index contributed by atoms with van der Waals surface area (Å²) >= 11 is 0. The smallest absolute Gasteiger partial charge is 0.306 e. The van der Waals surface area contributed by atoms with Gasteiger partial charge in [0.1, 0.15) is 31.0 Å². The lowest BCUT2D eigenvalue weighted by Crippen LogP contribution is -2.59. The maximum Gasteiger partial charge on any atom is 0.306 e. The molecule has 326 valence electrons. The second-order valence-corrected chi connectivity index (χ2v) is 14.8. The maximum absolute atomic E-state index is 12.7. The number of allylic oxidation sites excluding steroid dienone is 12. The van der Waals surface area contributed by atoms with E-state index in [1.165, 1.54) is 44.9 Å². The Morgan fingerprint density at radius 3 is 1.63 bits per heavy atom. The minimum Gasteiger partial charge on any atom is -0.462 e. The SMILES string of the molecule is CC/C=C\C/C=C\C/C=C\C/C=C\C/C=C\CCCC(=O)OC(COC(=O)CCCCCCC/C=C\CCCCCCCC)COC1OC(CO)C(O)C(O)C1O. The predicted molar refractivity (Wildman–Crippen MR) is 228 cm³/mol. The van der Waals surface area contributed by atoms with Crippen molar-refractivity contribution in [3.8, 4) is 0 Å². The molecule has 0 radical (unpaired) electrons. The van der Waals surface area contributed by atoms with Crippen molar-refractivity contribution in [2.45, 2.75) is 192 Å². The van der Waals surface area contributed by atoms with Crippen LogP contribution >= 0.6 is 0 Å². The van der Waals surface area contributed by atoms with Crippen molar-refractivity contribution < 1.29 is 49.0 Å². The van der Waals surface area contributed by atoms with Gasteiger partial charge < -0.3 is 39.4 Å². The summed E-state index contributed by atoms with van der Waals surface area (Å²) in [5, 5.41) is 40.0. The molecule has 4 N–H and O–H groups in total. The molecule has 10 nitrogen and oxygen atoms in total. The molecule has 10 heteroatoms. The Morgan fingerprint density at radius 1 is 0.561 bits per heavy atom. The van der Waals surface area contributed by atoms with Crippen LogP contribution in [-0.4, -0.2) is 89.0 Å². The topological polar surface area (TPSA) is 152 Å². The summed E-state index contributed by atoms with van der Waals surface area (Å²) in [6.45, 7) is 3.22. The molecular weight excluding hydrogens is 725 g/mol. The molecule has 1 rings (SSSR count). The highest BCUT2D eigenvalue weighted by molar-refractivity contribution is 5.70. The van der Waals surface area contributed by atoms with Crippen molar-refractivity contribution in [3.05, 3.63) is 72.9 Å². The molecule has 1 aliphatic heterocycles. The molecule has 1 saturated heterocycles. The van der Waals surface area contributed by atoms with E-state index in [9.17, 15) is 30.0 Å². The van der Waals surface area contributed by atoms with E-state index in [1.54, 1.807) is 0 Å². The molecule has 1 fully saturated rings. The van der Waals surface area contributed by atoms with Crippen molar-refractivity contribution in [2.24, 2.45) is 0 Å². The lowest BCUT2D eigenvalue weighted by atomic mass is 9.99. The summed E-state index contributed by atoms with van der Waals surface area (Å²) in [5.41, 5.74) is 0. The highest BCUT2D eigenvalue weighted by Crippen LogP contribution is 2.22. The van der Waals surface area contributed by atoms with Crippen LogP contribution in [0.3, 0.4) is 0 Å². The van der Waals surface area contributed by atoms with Crippen LogP contribution in [0.5, 0.6) is 0 Å². The van der Waals surface area contributed by atoms with Gasteiger partial charge in [0.05, 0.1) is 13.2 Å². The fourth-order valence-corrected chi connectivity index (χ4v) is 6.10.